The van der Waals surface area contributed by atoms with Gasteiger partial charge in [0.05, 0.1) is 16.7 Å². The zero-order chi connectivity index (χ0) is 15.1. The summed E-state index contributed by atoms with van der Waals surface area (Å²) in [6, 6.07) is 5.90. The number of ketones is 1. The summed E-state index contributed by atoms with van der Waals surface area (Å²) in [7, 11) is -3.78. The lowest BCUT2D eigenvalue weighted by Gasteiger charge is -2.31. The first kappa shape index (κ1) is 14.2. The van der Waals surface area contributed by atoms with E-state index >= 15 is 0 Å². The number of anilines is 1. The lowest BCUT2D eigenvalue weighted by molar-refractivity contribution is -0.118. The van der Waals surface area contributed by atoms with Crippen LogP contribution < -0.4 is 4.90 Å². The highest BCUT2D eigenvalue weighted by Gasteiger charge is 2.41. The first-order valence-electron chi connectivity index (χ1n) is 5.88. The maximum atomic E-state index is 12.2. The van der Waals surface area contributed by atoms with E-state index in [-0.39, 0.29) is 22.9 Å². The third-order valence-electron chi connectivity index (χ3n) is 3.27. The Labute approximate surface area is 116 Å². The van der Waals surface area contributed by atoms with Crippen molar-refractivity contribution in [3.63, 3.8) is 0 Å². The molecule has 2 rings (SSSR count). The van der Waals surface area contributed by atoms with Gasteiger partial charge in [-0.15, -0.1) is 0 Å². The second-order valence-electron chi connectivity index (χ2n) is 4.51. The molecule has 0 bridgehead atoms. The Morgan fingerprint density at radius 3 is 2.65 bits per heavy atom. The molecule has 0 N–H and O–H groups in total. The maximum absolute atomic E-state index is 12.2. The zero-order valence-electron chi connectivity index (χ0n) is 11.0. The van der Waals surface area contributed by atoms with Crippen molar-refractivity contribution in [3.05, 3.63) is 23.8 Å². The van der Waals surface area contributed by atoms with Crippen LogP contribution in [-0.2, 0) is 14.6 Å². The maximum Gasteiger partial charge on any atom is 0.246 e. The van der Waals surface area contributed by atoms with E-state index in [1.807, 2.05) is 6.07 Å². The third-order valence-corrected chi connectivity index (χ3v) is 5.36. The number of Topliss-reactive ketones (excluding diaryl/α,β-unsaturated/α-hetero) is 1. The van der Waals surface area contributed by atoms with Gasteiger partial charge in [0.2, 0.25) is 5.91 Å². The predicted octanol–water partition coefficient (Wildman–Crippen LogP) is 0.922. The number of hydrogen-bond acceptors (Lipinski definition) is 5. The number of fused-ring (bicyclic) bond motifs is 1. The van der Waals surface area contributed by atoms with Crippen LogP contribution in [0.15, 0.2) is 23.1 Å². The van der Waals surface area contributed by atoms with Crippen molar-refractivity contribution in [2.75, 3.05) is 11.4 Å². The van der Waals surface area contributed by atoms with Crippen LogP contribution in [-0.4, -0.2) is 31.9 Å². The summed E-state index contributed by atoms with van der Waals surface area (Å²) < 4.78 is 24.5. The molecule has 0 saturated heterocycles. The molecule has 0 saturated carbocycles. The lowest BCUT2D eigenvalue weighted by Crippen LogP contribution is -2.46. The van der Waals surface area contributed by atoms with Gasteiger partial charge in [0, 0.05) is 5.56 Å². The Morgan fingerprint density at radius 1 is 1.45 bits per heavy atom. The van der Waals surface area contributed by atoms with Gasteiger partial charge in [-0.3, -0.25) is 14.5 Å². The molecule has 1 aliphatic rings. The van der Waals surface area contributed by atoms with Crippen molar-refractivity contribution in [2.45, 2.75) is 24.0 Å². The molecule has 20 heavy (non-hydrogen) atoms. The van der Waals surface area contributed by atoms with Crippen LogP contribution >= 0.6 is 0 Å². The summed E-state index contributed by atoms with van der Waals surface area (Å²) >= 11 is 0. The van der Waals surface area contributed by atoms with E-state index < -0.39 is 21.0 Å². The fourth-order valence-corrected chi connectivity index (χ4v) is 3.57. The summed E-state index contributed by atoms with van der Waals surface area (Å²) in [5, 5.41) is 7.57. The van der Waals surface area contributed by atoms with E-state index in [4.69, 9.17) is 5.26 Å². The van der Waals surface area contributed by atoms with Gasteiger partial charge in [-0.1, -0.05) is 0 Å². The molecule has 7 heteroatoms. The van der Waals surface area contributed by atoms with Crippen LogP contribution in [0.2, 0.25) is 0 Å². The molecule has 1 heterocycles. The summed E-state index contributed by atoms with van der Waals surface area (Å²) in [4.78, 5) is 24.6. The van der Waals surface area contributed by atoms with Gasteiger partial charge in [0.15, 0.2) is 15.6 Å². The van der Waals surface area contributed by atoms with Gasteiger partial charge in [0.25, 0.3) is 0 Å². The number of nitrogens with zero attached hydrogens (tertiary/aromatic N) is 2. The highest BCUT2D eigenvalue weighted by Crippen LogP contribution is 2.35. The topological polar surface area (TPSA) is 95.3 Å². The first-order valence-corrected chi connectivity index (χ1v) is 7.42. The highest BCUT2D eigenvalue weighted by atomic mass is 32.2. The molecule has 1 aromatic rings. The SMILES string of the molecule is CC(=O)c1ccc2c(c1)N(CC#N)C(=O)C(C)S2(=O)=O. The zero-order valence-corrected chi connectivity index (χ0v) is 11.8. The molecule has 1 atom stereocenters. The van der Waals surface area contributed by atoms with Crippen LogP contribution in [0, 0.1) is 11.3 Å². The number of sulfone groups is 1. The monoisotopic (exact) mass is 292 g/mol. The van der Waals surface area contributed by atoms with E-state index in [0.717, 1.165) is 4.90 Å². The van der Waals surface area contributed by atoms with Crippen molar-refractivity contribution in [1.82, 2.24) is 0 Å². The minimum Gasteiger partial charge on any atom is -0.296 e. The number of hydrogen-bond donors (Lipinski definition) is 0. The number of nitriles is 1. The summed E-state index contributed by atoms with van der Waals surface area (Å²) in [5.74, 6) is -0.895. The van der Waals surface area contributed by atoms with Gasteiger partial charge >= 0.3 is 0 Å². The number of benzene rings is 1. The first-order chi connectivity index (χ1) is 9.30. The number of amides is 1. The van der Waals surface area contributed by atoms with Gasteiger partial charge in [0.1, 0.15) is 11.8 Å². The molecule has 1 aliphatic heterocycles. The highest BCUT2D eigenvalue weighted by molar-refractivity contribution is 7.93. The molecule has 104 valence electrons. The Hall–Kier alpha value is -2.20. The average Bonchev–Trinajstić information content (AvgIpc) is 2.41. The largest absolute Gasteiger partial charge is 0.296 e. The van der Waals surface area contributed by atoms with E-state index in [9.17, 15) is 18.0 Å². The molecule has 0 radical (unpaired) electrons. The molecule has 0 aliphatic carbocycles. The fraction of sp³-hybridized carbons (Fsp3) is 0.308. The normalized spacial score (nSPS) is 20.1. The van der Waals surface area contributed by atoms with Crippen LogP contribution in [0.25, 0.3) is 0 Å². The van der Waals surface area contributed by atoms with E-state index in [2.05, 4.69) is 0 Å². The van der Waals surface area contributed by atoms with Gasteiger partial charge in [-0.05, 0) is 32.0 Å². The fourth-order valence-electron chi connectivity index (χ4n) is 2.08. The molecule has 1 unspecified atom stereocenters. The molecule has 0 fully saturated rings. The number of carbonyl (C=O) groups excluding carboxylic acids is 2. The minimum absolute atomic E-state index is 0.0233. The van der Waals surface area contributed by atoms with Gasteiger partial charge in [-0.25, -0.2) is 8.42 Å². The Bertz CT molecular complexity index is 746. The molecule has 6 nitrogen and oxygen atoms in total. The standard InChI is InChI=1S/C13H12N2O4S/c1-8(16)10-3-4-12-11(7-10)15(6-5-14)13(17)9(2)20(12,18)19/h3-4,7,9H,6H2,1-2H3. The van der Waals surface area contributed by atoms with Gasteiger partial charge in [-0.2, -0.15) is 5.26 Å². The predicted molar refractivity (Wildman–Crippen MR) is 71.1 cm³/mol. The number of rotatable bonds is 2. The summed E-state index contributed by atoms with van der Waals surface area (Å²) in [6.45, 7) is 2.38. The number of carbonyl (C=O) groups is 2. The molecular formula is C13H12N2O4S. The lowest BCUT2D eigenvalue weighted by atomic mass is 10.1. The van der Waals surface area contributed by atoms with Crippen molar-refractivity contribution in [2.24, 2.45) is 0 Å². The Morgan fingerprint density at radius 2 is 2.10 bits per heavy atom. The third kappa shape index (κ3) is 1.98. The Kier molecular flexibility index (Phi) is 3.36. The molecular weight excluding hydrogens is 280 g/mol. The second kappa shape index (κ2) is 4.72. The minimum atomic E-state index is -3.78. The van der Waals surface area contributed by atoms with Crippen LogP contribution in [0.3, 0.4) is 0 Å². The van der Waals surface area contributed by atoms with E-state index in [1.54, 1.807) is 0 Å². The van der Waals surface area contributed by atoms with Crippen molar-refractivity contribution < 1.29 is 18.0 Å². The van der Waals surface area contributed by atoms with Crippen LogP contribution in [0.1, 0.15) is 24.2 Å². The smallest absolute Gasteiger partial charge is 0.246 e. The van der Waals surface area contributed by atoms with Gasteiger partial charge < -0.3 is 0 Å². The summed E-state index contributed by atoms with van der Waals surface area (Å²) in [5.41, 5.74) is 0.395. The molecule has 1 aromatic carbocycles. The molecule has 0 aromatic heterocycles. The molecule has 0 spiro atoms. The Balaban J connectivity index is 2.75. The second-order valence-corrected chi connectivity index (χ2v) is 6.75. The molecule has 1 amide bonds. The van der Waals surface area contributed by atoms with Crippen molar-refractivity contribution in [1.29, 1.82) is 5.26 Å². The van der Waals surface area contributed by atoms with E-state index in [0.29, 0.717) is 5.56 Å². The average molecular weight is 292 g/mol. The van der Waals surface area contributed by atoms with E-state index in [1.165, 1.54) is 32.0 Å². The van der Waals surface area contributed by atoms with Crippen molar-refractivity contribution >= 4 is 27.2 Å². The van der Waals surface area contributed by atoms with Crippen molar-refractivity contribution in [3.8, 4) is 6.07 Å². The quantitative estimate of drug-likeness (QED) is 0.596. The van der Waals surface area contributed by atoms with Crippen LogP contribution in [0.4, 0.5) is 5.69 Å². The van der Waals surface area contributed by atoms with Crippen LogP contribution in [0.5, 0.6) is 0 Å². The summed E-state index contributed by atoms with van der Waals surface area (Å²) in [6.07, 6.45) is 0.